The van der Waals surface area contributed by atoms with E-state index >= 15 is 0 Å². The predicted octanol–water partition coefficient (Wildman–Crippen LogP) is 2.76. The minimum atomic E-state index is -0.692. The van der Waals surface area contributed by atoms with Gasteiger partial charge < -0.3 is 14.6 Å². The highest BCUT2D eigenvalue weighted by molar-refractivity contribution is 9.10. The van der Waals surface area contributed by atoms with Crippen molar-refractivity contribution in [3.63, 3.8) is 0 Å². The van der Waals surface area contributed by atoms with Crippen LogP contribution in [0.4, 0.5) is 4.79 Å². The second-order valence-corrected chi connectivity index (χ2v) is 6.53. The maximum atomic E-state index is 12.3. The number of esters is 1. The summed E-state index contributed by atoms with van der Waals surface area (Å²) in [6, 6.07) is 3.19. The molecule has 7 nitrogen and oxygen atoms in total. The lowest BCUT2D eigenvalue weighted by Gasteiger charge is -2.10. The molecule has 0 atom stereocenters. The third-order valence-corrected chi connectivity index (χ3v) is 4.41. The quantitative estimate of drug-likeness (QED) is 0.583. The number of imide groups is 1. The fourth-order valence-corrected chi connectivity index (χ4v) is 3.22. The molecular weight excluding hydrogens is 402 g/mol. The van der Waals surface area contributed by atoms with Crippen LogP contribution >= 0.6 is 27.7 Å². The molecule has 128 valence electrons. The van der Waals surface area contributed by atoms with Crippen LogP contribution in [0.15, 0.2) is 21.5 Å². The minimum absolute atomic E-state index is 0.0970. The highest BCUT2D eigenvalue weighted by Gasteiger charge is 2.36. The number of nitrogens with zero attached hydrogens (tertiary/aromatic N) is 1. The van der Waals surface area contributed by atoms with E-state index in [0.29, 0.717) is 28.4 Å². The number of benzene rings is 1. The molecule has 1 aliphatic heterocycles. The lowest BCUT2D eigenvalue weighted by molar-refractivity contribution is -0.143. The van der Waals surface area contributed by atoms with Crippen LogP contribution in [0.2, 0.25) is 0 Å². The van der Waals surface area contributed by atoms with Crippen LogP contribution in [0.1, 0.15) is 12.5 Å². The third kappa shape index (κ3) is 3.90. The van der Waals surface area contributed by atoms with E-state index in [1.54, 1.807) is 19.1 Å². The first-order chi connectivity index (χ1) is 11.4. The lowest BCUT2D eigenvalue weighted by atomic mass is 10.1. The van der Waals surface area contributed by atoms with Gasteiger partial charge in [0.2, 0.25) is 0 Å². The second kappa shape index (κ2) is 7.71. The Bertz CT molecular complexity index is 733. The van der Waals surface area contributed by atoms with E-state index < -0.39 is 23.7 Å². The number of rotatable bonds is 5. The number of ether oxygens (including phenoxy) is 2. The monoisotopic (exact) mass is 415 g/mol. The SMILES string of the molecule is CCOc1cc(Br)cc(C=C2SC(=O)N(CC(=O)OC)C2=O)c1O. The number of methoxy groups -OCH3 is 1. The van der Waals surface area contributed by atoms with Crippen LogP contribution in [0.3, 0.4) is 0 Å². The van der Waals surface area contributed by atoms with Crippen molar-refractivity contribution in [2.75, 3.05) is 20.3 Å². The zero-order chi connectivity index (χ0) is 17.9. The molecule has 0 aromatic heterocycles. The van der Waals surface area contributed by atoms with Gasteiger partial charge in [0.05, 0.1) is 18.6 Å². The Labute approximate surface area is 150 Å². The maximum Gasteiger partial charge on any atom is 0.325 e. The highest BCUT2D eigenvalue weighted by atomic mass is 79.9. The predicted molar refractivity (Wildman–Crippen MR) is 91.7 cm³/mol. The van der Waals surface area contributed by atoms with Crippen LogP contribution in [0.25, 0.3) is 6.08 Å². The lowest BCUT2D eigenvalue weighted by Crippen LogP contribution is -2.34. The number of carbonyl (C=O) groups excluding carboxylic acids is 3. The Hall–Kier alpha value is -2.00. The fraction of sp³-hybridized carbons (Fsp3) is 0.267. The number of phenolic OH excluding ortho intramolecular Hbond substituents is 1. The first kappa shape index (κ1) is 18.3. The van der Waals surface area contributed by atoms with Gasteiger partial charge in [-0.2, -0.15) is 0 Å². The Morgan fingerprint density at radius 3 is 2.75 bits per heavy atom. The Morgan fingerprint density at radius 1 is 1.42 bits per heavy atom. The van der Waals surface area contributed by atoms with Gasteiger partial charge in [-0.05, 0) is 36.9 Å². The number of aromatic hydroxyl groups is 1. The third-order valence-electron chi connectivity index (χ3n) is 3.04. The molecule has 1 N–H and O–H groups in total. The van der Waals surface area contributed by atoms with Crippen molar-refractivity contribution >= 4 is 50.9 Å². The van der Waals surface area contributed by atoms with Gasteiger partial charge in [-0.3, -0.25) is 19.3 Å². The minimum Gasteiger partial charge on any atom is -0.504 e. The average molecular weight is 416 g/mol. The molecule has 0 aliphatic carbocycles. The molecule has 0 saturated carbocycles. The number of phenols is 1. The van der Waals surface area contributed by atoms with Gasteiger partial charge in [0.25, 0.3) is 11.1 Å². The van der Waals surface area contributed by atoms with Crippen LogP contribution in [0.5, 0.6) is 11.5 Å². The average Bonchev–Trinajstić information content (AvgIpc) is 2.79. The van der Waals surface area contributed by atoms with Gasteiger partial charge in [0.15, 0.2) is 11.5 Å². The summed E-state index contributed by atoms with van der Waals surface area (Å²) in [4.78, 5) is 36.3. The van der Waals surface area contributed by atoms with E-state index in [9.17, 15) is 19.5 Å². The zero-order valence-electron chi connectivity index (χ0n) is 12.9. The van der Waals surface area contributed by atoms with Crippen LogP contribution in [0, 0.1) is 0 Å². The smallest absolute Gasteiger partial charge is 0.325 e. The van der Waals surface area contributed by atoms with Crippen LogP contribution < -0.4 is 4.74 Å². The first-order valence-corrected chi connectivity index (χ1v) is 8.45. The molecule has 1 aromatic rings. The van der Waals surface area contributed by atoms with Crippen molar-refractivity contribution in [3.8, 4) is 11.5 Å². The van der Waals surface area contributed by atoms with Gasteiger partial charge in [0, 0.05) is 10.0 Å². The molecule has 1 saturated heterocycles. The standard InChI is InChI=1S/C15H14BrNO6S/c1-3-23-10-6-9(16)4-8(13(10)19)5-11-14(20)17(15(21)24-11)7-12(18)22-2/h4-6,19H,3,7H2,1-2H3. The number of hydrogen-bond donors (Lipinski definition) is 1. The molecule has 1 heterocycles. The maximum absolute atomic E-state index is 12.3. The summed E-state index contributed by atoms with van der Waals surface area (Å²) in [5.74, 6) is -1.19. The summed E-state index contributed by atoms with van der Waals surface area (Å²) < 4.78 is 10.4. The largest absolute Gasteiger partial charge is 0.504 e. The van der Waals surface area contributed by atoms with E-state index in [-0.39, 0.29) is 16.4 Å². The van der Waals surface area contributed by atoms with E-state index in [4.69, 9.17) is 4.74 Å². The molecule has 1 fully saturated rings. The molecule has 0 unspecified atom stereocenters. The van der Waals surface area contributed by atoms with E-state index in [2.05, 4.69) is 20.7 Å². The molecule has 0 radical (unpaired) electrons. The van der Waals surface area contributed by atoms with Gasteiger partial charge in [-0.15, -0.1) is 0 Å². The second-order valence-electron chi connectivity index (χ2n) is 4.62. The van der Waals surface area contributed by atoms with Gasteiger partial charge >= 0.3 is 5.97 Å². The van der Waals surface area contributed by atoms with Crippen molar-refractivity contribution in [1.29, 1.82) is 0 Å². The van der Waals surface area contributed by atoms with Crippen molar-refractivity contribution in [2.24, 2.45) is 0 Å². The number of hydrogen-bond acceptors (Lipinski definition) is 7. The summed E-state index contributed by atoms with van der Waals surface area (Å²) in [6.07, 6.45) is 1.38. The Balaban J connectivity index is 2.34. The van der Waals surface area contributed by atoms with E-state index in [0.717, 1.165) is 4.90 Å². The topological polar surface area (TPSA) is 93.1 Å². The van der Waals surface area contributed by atoms with E-state index in [1.165, 1.54) is 13.2 Å². The summed E-state index contributed by atoms with van der Waals surface area (Å²) >= 11 is 3.98. The molecule has 0 bridgehead atoms. The first-order valence-electron chi connectivity index (χ1n) is 6.84. The van der Waals surface area contributed by atoms with E-state index in [1.807, 2.05) is 0 Å². The normalized spacial score (nSPS) is 16.0. The molecule has 2 amide bonds. The molecule has 9 heteroatoms. The van der Waals surface area contributed by atoms with Crippen LogP contribution in [-0.2, 0) is 14.3 Å². The summed E-state index contributed by atoms with van der Waals surface area (Å²) in [5.41, 5.74) is 0.316. The number of carbonyl (C=O) groups is 3. The molecular formula is C15H14BrNO6S. The molecule has 0 spiro atoms. The van der Waals surface area contributed by atoms with Crippen LogP contribution in [-0.4, -0.2) is 47.4 Å². The molecule has 1 aliphatic rings. The highest BCUT2D eigenvalue weighted by Crippen LogP contribution is 2.38. The number of amides is 2. The molecule has 2 rings (SSSR count). The van der Waals surface area contributed by atoms with Crippen molar-refractivity contribution < 1.29 is 29.0 Å². The molecule has 24 heavy (non-hydrogen) atoms. The Kier molecular flexibility index (Phi) is 5.89. The van der Waals surface area contributed by atoms with Crippen molar-refractivity contribution in [3.05, 3.63) is 27.1 Å². The number of halogens is 1. The summed E-state index contributed by atoms with van der Waals surface area (Å²) in [5, 5.41) is 9.65. The fourth-order valence-electron chi connectivity index (χ4n) is 1.94. The van der Waals surface area contributed by atoms with Gasteiger partial charge in [-0.25, -0.2) is 0 Å². The summed E-state index contributed by atoms with van der Waals surface area (Å²) in [6.45, 7) is 1.68. The molecule has 1 aromatic carbocycles. The van der Waals surface area contributed by atoms with Gasteiger partial charge in [-0.1, -0.05) is 15.9 Å². The Morgan fingerprint density at radius 2 is 2.12 bits per heavy atom. The van der Waals surface area contributed by atoms with Crippen molar-refractivity contribution in [2.45, 2.75) is 6.92 Å². The van der Waals surface area contributed by atoms with Crippen molar-refractivity contribution in [1.82, 2.24) is 4.90 Å². The van der Waals surface area contributed by atoms with Gasteiger partial charge in [0.1, 0.15) is 6.54 Å². The zero-order valence-corrected chi connectivity index (χ0v) is 15.3. The number of thioether (sulfide) groups is 1. The summed E-state index contributed by atoms with van der Waals surface area (Å²) in [7, 11) is 1.17.